The number of isothiocyanates is 1. The van der Waals surface area contributed by atoms with Crippen molar-refractivity contribution >= 4 is 34.8 Å². The van der Waals surface area contributed by atoms with E-state index in [0.717, 1.165) is 11.4 Å². The molecule has 2 aromatic carbocycles. The number of thiocarbonyl (C=S) groups is 1. The monoisotopic (exact) mass is 257 g/mol. The molecule has 0 saturated heterocycles. The van der Waals surface area contributed by atoms with Crippen molar-refractivity contribution in [2.24, 2.45) is 4.99 Å². The van der Waals surface area contributed by atoms with Crippen LogP contribution in [0, 0.1) is 0 Å². The normalized spacial score (nSPS) is 9.65. The van der Waals surface area contributed by atoms with Crippen molar-refractivity contribution in [2.75, 3.05) is 0 Å². The summed E-state index contributed by atoms with van der Waals surface area (Å²) in [5.74, 6) is 0.983. The smallest absolute Gasteiger partial charge is 0.0740 e. The summed E-state index contributed by atoms with van der Waals surface area (Å²) in [6.45, 7) is 0. The fourth-order valence-corrected chi connectivity index (χ4v) is 2.37. The van der Waals surface area contributed by atoms with Gasteiger partial charge in [0.1, 0.15) is 0 Å². The van der Waals surface area contributed by atoms with Gasteiger partial charge in [-0.05, 0) is 42.0 Å². The third kappa shape index (κ3) is 3.82. The lowest BCUT2D eigenvalue weighted by atomic mass is 10.2. The maximum atomic E-state index is 4.56. The predicted molar refractivity (Wildman–Crippen MR) is 77.1 cm³/mol. The molecule has 1 nitrogen and oxygen atoms in total. The third-order valence-corrected chi connectivity index (χ3v) is 3.43. The molecular weight excluding hydrogens is 246 g/mol. The standard InChI is InChI=1S/C14H11NS2/c16-11-15-13-6-8-14(9-7-13)17-10-12-4-2-1-3-5-12/h1-9H,10H2. The molecule has 0 N–H and O–H groups in total. The molecule has 0 radical (unpaired) electrons. The number of benzene rings is 2. The minimum absolute atomic E-state index is 0.851. The van der Waals surface area contributed by atoms with Crippen molar-refractivity contribution < 1.29 is 0 Å². The minimum Gasteiger partial charge on any atom is -0.195 e. The molecule has 84 valence electrons. The molecule has 0 amide bonds. The zero-order chi connectivity index (χ0) is 11.9. The van der Waals surface area contributed by atoms with Crippen LogP contribution >= 0.6 is 24.0 Å². The van der Waals surface area contributed by atoms with E-state index < -0.39 is 0 Å². The minimum atomic E-state index is 0.851. The van der Waals surface area contributed by atoms with Crippen molar-refractivity contribution in [1.82, 2.24) is 0 Å². The van der Waals surface area contributed by atoms with E-state index in [2.05, 4.69) is 58.8 Å². The lowest BCUT2D eigenvalue weighted by Crippen LogP contribution is -1.78. The third-order valence-electron chi connectivity index (χ3n) is 2.26. The van der Waals surface area contributed by atoms with E-state index in [1.807, 2.05) is 30.0 Å². The Hall–Kier alpha value is -1.41. The summed E-state index contributed by atoms with van der Waals surface area (Å²) in [6, 6.07) is 18.4. The van der Waals surface area contributed by atoms with Crippen LogP contribution in [0.1, 0.15) is 5.56 Å². The molecule has 2 aromatic rings. The van der Waals surface area contributed by atoms with Crippen LogP contribution in [0.4, 0.5) is 5.69 Å². The van der Waals surface area contributed by atoms with Crippen LogP contribution in [0.5, 0.6) is 0 Å². The van der Waals surface area contributed by atoms with Crippen LogP contribution < -0.4 is 0 Å². The first-order valence-electron chi connectivity index (χ1n) is 5.23. The quantitative estimate of drug-likeness (QED) is 0.446. The Morgan fingerprint density at radius 3 is 2.35 bits per heavy atom. The molecule has 0 aliphatic heterocycles. The van der Waals surface area contributed by atoms with Crippen molar-refractivity contribution in [2.45, 2.75) is 10.6 Å². The van der Waals surface area contributed by atoms with Gasteiger partial charge in [0.2, 0.25) is 0 Å². The van der Waals surface area contributed by atoms with Crippen LogP contribution in [-0.4, -0.2) is 5.16 Å². The summed E-state index contributed by atoms with van der Waals surface area (Å²) in [6.07, 6.45) is 0. The Morgan fingerprint density at radius 1 is 1.00 bits per heavy atom. The van der Waals surface area contributed by atoms with Gasteiger partial charge in [0.05, 0.1) is 10.8 Å². The Morgan fingerprint density at radius 2 is 1.71 bits per heavy atom. The molecule has 0 atom stereocenters. The van der Waals surface area contributed by atoms with E-state index in [1.54, 1.807) is 0 Å². The average molecular weight is 257 g/mol. The summed E-state index contributed by atoms with van der Waals surface area (Å²) < 4.78 is 0. The summed E-state index contributed by atoms with van der Waals surface area (Å²) in [5.41, 5.74) is 2.18. The van der Waals surface area contributed by atoms with Crippen molar-refractivity contribution in [3.8, 4) is 0 Å². The fraction of sp³-hybridized carbons (Fsp3) is 0.0714. The van der Waals surface area contributed by atoms with Gasteiger partial charge in [0.15, 0.2) is 0 Å². The van der Waals surface area contributed by atoms with Gasteiger partial charge in [0, 0.05) is 10.6 Å². The molecule has 0 spiro atoms. The molecule has 17 heavy (non-hydrogen) atoms. The van der Waals surface area contributed by atoms with E-state index in [9.17, 15) is 0 Å². The number of hydrogen-bond donors (Lipinski definition) is 0. The van der Waals surface area contributed by atoms with Gasteiger partial charge < -0.3 is 0 Å². The van der Waals surface area contributed by atoms with E-state index in [-0.39, 0.29) is 0 Å². The number of thioether (sulfide) groups is 1. The van der Waals surface area contributed by atoms with Crippen molar-refractivity contribution in [1.29, 1.82) is 0 Å². The SMILES string of the molecule is S=C=Nc1ccc(SCc2ccccc2)cc1. The molecular formula is C14H11NS2. The fourth-order valence-electron chi connectivity index (χ4n) is 1.41. The zero-order valence-corrected chi connectivity index (χ0v) is 10.8. The highest BCUT2D eigenvalue weighted by Gasteiger charge is 1.96. The molecule has 0 bridgehead atoms. The molecule has 0 saturated carbocycles. The molecule has 0 aliphatic rings. The maximum Gasteiger partial charge on any atom is 0.0740 e. The lowest BCUT2D eigenvalue weighted by Gasteiger charge is -2.01. The van der Waals surface area contributed by atoms with Crippen molar-refractivity contribution in [3.05, 3.63) is 60.2 Å². The van der Waals surface area contributed by atoms with E-state index in [1.165, 1.54) is 10.5 Å². The number of hydrogen-bond acceptors (Lipinski definition) is 3. The largest absolute Gasteiger partial charge is 0.195 e. The van der Waals surface area contributed by atoms with Gasteiger partial charge >= 0.3 is 0 Å². The summed E-state index contributed by atoms with van der Waals surface area (Å²) in [7, 11) is 0. The van der Waals surface area contributed by atoms with Gasteiger partial charge in [-0.1, -0.05) is 30.3 Å². The molecule has 0 aliphatic carbocycles. The highest BCUT2D eigenvalue weighted by atomic mass is 32.2. The van der Waals surface area contributed by atoms with Gasteiger partial charge in [-0.2, -0.15) is 4.99 Å². The number of rotatable bonds is 4. The van der Waals surface area contributed by atoms with Gasteiger partial charge in [-0.3, -0.25) is 0 Å². The van der Waals surface area contributed by atoms with Crippen LogP contribution in [0.15, 0.2) is 64.5 Å². The van der Waals surface area contributed by atoms with Gasteiger partial charge in [-0.15, -0.1) is 11.8 Å². The average Bonchev–Trinajstić information content (AvgIpc) is 2.40. The van der Waals surface area contributed by atoms with E-state index in [4.69, 9.17) is 0 Å². The molecule has 3 heteroatoms. The van der Waals surface area contributed by atoms with Crippen LogP contribution in [-0.2, 0) is 5.75 Å². The van der Waals surface area contributed by atoms with Crippen LogP contribution in [0.2, 0.25) is 0 Å². The molecule has 0 unspecified atom stereocenters. The first-order valence-corrected chi connectivity index (χ1v) is 6.62. The maximum absolute atomic E-state index is 4.56. The molecule has 0 aromatic heterocycles. The Labute approximate surface area is 111 Å². The Kier molecular flexibility index (Phi) is 4.51. The first-order chi connectivity index (χ1) is 8.38. The van der Waals surface area contributed by atoms with E-state index in [0.29, 0.717) is 0 Å². The lowest BCUT2D eigenvalue weighted by molar-refractivity contribution is 1.37. The first kappa shape index (κ1) is 12.1. The summed E-state index contributed by atoms with van der Waals surface area (Å²) in [5, 5.41) is 2.36. The van der Waals surface area contributed by atoms with Gasteiger partial charge in [-0.25, -0.2) is 0 Å². The predicted octanol–water partition coefficient (Wildman–Crippen LogP) is 4.71. The second kappa shape index (κ2) is 6.36. The Bertz CT molecular complexity index is 514. The second-order valence-corrected chi connectivity index (χ2v) is 4.70. The highest BCUT2D eigenvalue weighted by Crippen LogP contribution is 2.24. The number of nitrogens with zero attached hydrogens (tertiary/aromatic N) is 1. The Balaban J connectivity index is 1.98. The van der Waals surface area contributed by atoms with Gasteiger partial charge in [0.25, 0.3) is 0 Å². The summed E-state index contributed by atoms with van der Waals surface area (Å²) >= 11 is 6.37. The van der Waals surface area contributed by atoms with Crippen molar-refractivity contribution in [3.63, 3.8) is 0 Å². The zero-order valence-electron chi connectivity index (χ0n) is 9.17. The topological polar surface area (TPSA) is 12.4 Å². The highest BCUT2D eigenvalue weighted by molar-refractivity contribution is 7.98. The molecule has 0 fully saturated rings. The molecule has 2 rings (SSSR count). The second-order valence-electron chi connectivity index (χ2n) is 3.47. The van der Waals surface area contributed by atoms with Crippen LogP contribution in [0.3, 0.4) is 0 Å². The molecule has 0 heterocycles. The van der Waals surface area contributed by atoms with E-state index >= 15 is 0 Å². The van der Waals surface area contributed by atoms with Crippen LogP contribution in [0.25, 0.3) is 0 Å². The number of aliphatic imine (C=N–C) groups is 1. The summed E-state index contributed by atoms with van der Waals surface area (Å²) in [4.78, 5) is 5.16.